The van der Waals surface area contributed by atoms with Crippen molar-refractivity contribution in [3.63, 3.8) is 0 Å². The predicted molar refractivity (Wildman–Crippen MR) is 128 cm³/mol. The molecule has 3 aromatic rings. The molecule has 0 bridgehead atoms. The van der Waals surface area contributed by atoms with E-state index in [1.165, 1.54) is 30.3 Å². The van der Waals surface area contributed by atoms with E-state index >= 15 is 0 Å². The molecule has 0 N–H and O–H groups in total. The number of anilines is 1. The number of hydrogen-bond donors (Lipinski definition) is 0. The smallest absolute Gasteiger partial charge is 0.252 e. The first-order valence-corrected chi connectivity index (χ1v) is 12.5. The second-order valence-corrected chi connectivity index (χ2v) is 10.6. The molecule has 1 aliphatic rings. The molecule has 0 aromatic heterocycles. The van der Waals surface area contributed by atoms with Gasteiger partial charge < -0.3 is 0 Å². The predicted octanol–water partition coefficient (Wildman–Crippen LogP) is 5.31. The standard InChI is InChI=1S/C23H16Cl3FN2O4S/c24-15-5-10-19(26)21(11-15)34(32,33)28(13-14-3-1-2-4-18(14)25)20-12-22(30)29(23(20)31)17-8-6-16(27)7-9-17/h1-11,20H,12-13H2. The van der Waals surface area contributed by atoms with Crippen LogP contribution in [0.5, 0.6) is 0 Å². The largest absolute Gasteiger partial charge is 0.274 e. The van der Waals surface area contributed by atoms with Gasteiger partial charge in [-0.05, 0) is 54.1 Å². The van der Waals surface area contributed by atoms with E-state index in [2.05, 4.69) is 0 Å². The molecule has 34 heavy (non-hydrogen) atoms. The summed E-state index contributed by atoms with van der Waals surface area (Å²) in [5, 5.41) is 0.315. The maximum atomic E-state index is 13.8. The monoisotopic (exact) mass is 540 g/mol. The lowest BCUT2D eigenvalue weighted by atomic mass is 10.2. The van der Waals surface area contributed by atoms with Gasteiger partial charge in [0.05, 0.1) is 17.1 Å². The van der Waals surface area contributed by atoms with Crippen LogP contribution in [0.1, 0.15) is 12.0 Å². The van der Waals surface area contributed by atoms with Crippen molar-refractivity contribution in [2.45, 2.75) is 23.9 Å². The molecule has 1 atom stereocenters. The molecule has 3 aromatic carbocycles. The number of carbonyl (C=O) groups excluding carboxylic acids is 2. The minimum atomic E-state index is -4.42. The van der Waals surface area contributed by atoms with Crippen LogP contribution in [0, 0.1) is 5.82 Å². The van der Waals surface area contributed by atoms with Crippen LogP contribution in [0.2, 0.25) is 15.1 Å². The highest BCUT2D eigenvalue weighted by Crippen LogP contribution is 2.34. The zero-order valence-corrected chi connectivity index (χ0v) is 20.4. The lowest BCUT2D eigenvalue weighted by Crippen LogP contribution is -2.45. The molecular weight excluding hydrogens is 526 g/mol. The first-order valence-electron chi connectivity index (χ1n) is 9.92. The van der Waals surface area contributed by atoms with Crippen molar-refractivity contribution < 1.29 is 22.4 Å². The number of benzene rings is 3. The van der Waals surface area contributed by atoms with E-state index in [9.17, 15) is 22.4 Å². The Bertz CT molecular complexity index is 1380. The van der Waals surface area contributed by atoms with Crippen molar-refractivity contribution in [2.24, 2.45) is 0 Å². The van der Waals surface area contributed by atoms with Crippen LogP contribution >= 0.6 is 34.8 Å². The first-order chi connectivity index (χ1) is 16.1. The van der Waals surface area contributed by atoms with Gasteiger partial charge in [-0.25, -0.2) is 17.7 Å². The quantitative estimate of drug-likeness (QED) is 0.397. The Morgan fingerprint density at radius 3 is 2.29 bits per heavy atom. The summed E-state index contributed by atoms with van der Waals surface area (Å²) in [6.07, 6.45) is -0.419. The maximum absolute atomic E-state index is 13.8. The summed E-state index contributed by atoms with van der Waals surface area (Å²) in [4.78, 5) is 26.7. The molecule has 1 heterocycles. The van der Waals surface area contributed by atoms with Gasteiger partial charge in [0.15, 0.2) is 0 Å². The number of nitrogens with zero attached hydrogens (tertiary/aromatic N) is 2. The second kappa shape index (κ2) is 9.64. The number of amides is 2. The fourth-order valence-electron chi connectivity index (χ4n) is 3.66. The topological polar surface area (TPSA) is 74.8 Å². The minimum absolute atomic E-state index is 0.0966. The molecule has 6 nitrogen and oxygen atoms in total. The van der Waals surface area contributed by atoms with Gasteiger partial charge in [0.25, 0.3) is 5.91 Å². The third-order valence-electron chi connectivity index (χ3n) is 5.32. The van der Waals surface area contributed by atoms with Gasteiger partial charge in [-0.2, -0.15) is 4.31 Å². The molecule has 176 valence electrons. The van der Waals surface area contributed by atoms with E-state index in [-0.39, 0.29) is 32.2 Å². The Morgan fingerprint density at radius 1 is 0.941 bits per heavy atom. The highest BCUT2D eigenvalue weighted by Gasteiger charge is 2.47. The number of rotatable bonds is 6. The van der Waals surface area contributed by atoms with Crippen molar-refractivity contribution in [1.82, 2.24) is 4.31 Å². The lowest BCUT2D eigenvalue weighted by Gasteiger charge is -2.27. The fraction of sp³-hybridized carbons (Fsp3) is 0.130. The molecule has 1 saturated heterocycles. The highest BCUT2D eigenvalue weighted by atomic mass is 35.5. The summed E-state index contributed by atoms with van der Waals surface area (Å²) in [5.41, 5.74) is 0.557. The molecular formula is C23H16Cl3FN2O4S. The first kappa shape index (κ1) is 24.6. The maximum Gasteiger partial charge on any atom is 0.252 e. The van der Waals surface area contributed by atoms with Crippen LogP contribution < -0.4 is 4.90 Å². The Morgan fingerprint density at radius 2 is 1.62 bits per heavy atom. The molecule has 0 spiro atoms. The Balaban J connectivity index is 1.81. The molecule has 1 aliphatic heterocycles. The van der Waals surface area contributed by atoms with Crippen molar-refractivity contribution in [1.29, 1.82) is 0 Å². The molecule has 0 radical (unpaired) electrons. The lowest BCUT2D eigenvalue weighted by molar-refractivity contribution is -0.122. The van der Waals surface area contributed by atoms with Gasteiger partial charge in [0.2, 0.25) is 15.9 Å². The number of sulfonamides is 1. The van der Waals surface area contributed by atoms with Crippen molar-refractivity contribution in [2.75, 3.05) is 4.90 Å². The van der Waals surface area contributed by atoms with Crippen LogP contribution in [0.3, 0.4) is 0 Å². The van der Waals surface area contributed by atoms with Crippen molar-refractivity contribution in [3.05, 3.63) is 93.2 Å². The van der Waals surface area contributed by atoms with Crippen LogP contribution in [0.15, 0.2) is 71.6 Å². The van der Waals surface area contributed by atoms with Gasteiger partial charge in [0, 0.05) is 16.6 Å². The normalized spacial score (nSPS) is 16.5. The molecule has 1 unspecified atom stereocenters. The summed E-state index contributed by atoms with van der Waals surface area (Å²) in [5.74, 6) is -1.94. The van der Waals surface area contributed by atoms with E-state index in [1.807, 2.05) is 0 Å². The number of imide groups is 1. The third kappa shape index (κ3) is 4.69. The van der Waals surface area contributed by atoms with Gasteiger partial charge in [-0.3, -0.25) is 9.59 Å². The van der Waals surface area contributed by atoms with Gasteiger partial charge in [-0.1, -0.05) is 53.0 Å². The van der Waals surface area contributed by atoms with Gasteiger partial charge in [-0.15, -0.1) is 0 Å². The van der Waals surface area contributed by atoms with Crippen LogP contribution in [0.25, 0.3) is 0 Å². The molecule has 2 amide bonds. The molecule has 0 saturated carbocycles. The minimum Gasteiger partial charge on any atom is -0.274 e. The average molecular weight is 542 g/mol. The summed E-state index contributed by atoms with van der Waals surface area (Å²) < 4.78 is 41.8. The van der Waals surface area contributed by atoms with Crippen molar-refractivity contribution in [3.8, 4) is 0 Å². The van der Waals surface area contributed by atoms with E-state index in [4.69, 9.17) is 34.8 Å². The summed E-state index contributed by atoms with van der Waals surface area (Å²) >= 11 is 18.5. The van der Waals surface area contributed by atoms with E-state index in [1.54, 1.807) is 24.3 Å². The number of carbonyl (C=O) groups is 2. The fourth-order valence-corrected chi connectivity index (χ4v) is 6.15. The SMILES string of the molecule is O=C1CC(N(Cc2ccccc2Cl)S(=O)(=O)c2cc(Cl)ccc2Cl)C(=O)N1c1ccc(F)cc1. The Hall–Kier alpha value is -2.49. The van der Waals surface area contributed by atoms with E-state index in [0.717, 1.165) is 21.3 Å². The zero-order valence-electron chi connectivity index (χ0n) is 17.3. The average Bonchev–Trinajstić information content (AvgIpc) is 3.08. The Kier molecular flexibility index (Phi) is 6.98. The molecule has 0 aliphatic carbocycles. The zero-order chi connectivity index (χ0) is 24.6. The third-order valence-corrected chi connectivity index (χ3v) is 8.26. The van der Waals surface area contributed by atoms with Gasteiger partial charge >= 0.3 is 0 Å². The highest BCUT2D eigenvalue weighted by molar-refractivity contribution is 7.89. The molecule has 11 heteroatoms. The summed E-state index contributed by atoms with van der Waals surface area (Å²) in [7, 11) is -4.42. The second-order valence-electron chi connectivity index (χ2n) is 7.48. The number of halogens is 4. The Labute approximate surface area is 210 Å². The van der Waals surface area contributed by atoms with Gasteiger partial charge in [0.1, 0.15) is 16.8 Å². The summed E-state index contributed by atoms with van der Waals surface area (Å²) in [6, 6.07) is 13.9. The van der Waals surface area contributed by atoms with Crippen LogP contribution in [-0.2, 0) is 26.2 Å². The van der Waals surface area contributed by atoms with Crippen molar-refractivity contribution >= 4 is 62.3 Å². The number of hydrogen-bond acceptors (Lipinski definition) is 4. The molecule has 4 rings (SSSR count). The summed E-state index contributed by atoms with van der Waals surface area (Å²) in [6.45, 7) is -0.300. The van der Waals surface area contributed by atoms with E-state index in [0.29, 0.717) is 5.56 Å². The van der Waals surface area contributed by atoms with E-state index < -0.39 is 40.1 Å². The van der Waals surface area contributed by atoms with Crippen LogP contribution in [0.4, 0.5) is 10.1 Å². The molecule has 1 fully saturated rings. The van der Waals surface area contributed by atoms with Crippen LogP contribution in [-0.4, -0.2) is 30.6 Å².